The summed E-state index contributed by atoms with van der Waals surface area (Å²) in [5.74, 6) is 0.885. The monoisotopic (exact) mass is 211 g/mol. The number of aliphatic hydroxyl groups is 1. The van der Waals surface area contributed by atoms with E-state index in [2.05, 4.69) is 5.32 Å². The van der Waals surface area contributed by atoms with Crippen molar-refractivity contribution in [1.29, 1.82) is 0 Å². The van der Waals surface area contributed by atoms with Gasteiger partial charge in [-0.2, -0.15) is 0 Å². The van der Waals surface area contributed by atoms with Crippen molar-refractivity contribution >= 4 is 0 Å². The number of nitrogens with one attached hydrogen (secondary N) is 1. The summed E-state index contributed by atoms with van der Waals surface area (Å²) in [4.78, 5) is 0. The molecule has 2 rings (SSSR count). The van der Waals surface area contributed by atoms with Gasteiger partial charge in [0, 0.05) is 5.54 Å². The van der Waals surface area contributed by atoms with Gasteiger partial charge in [-0.05, 0) is 38.1 Å². The fraction of sp³-hybridized carbons (Fsp3) is 1.00. The van der Waals surface area contributed by atoms with E-state index >= 15 is 0 Å². The SMILES string of the molecule is OCC1(NCC2CCCC2)CCCCC1. The van der Waals surface area contributed by atoms with Crippen molar-refractivity contribution < 1.29 is 5.11 Å². The zero-order chi connectivity index (χ0) is 10.6. The lowest BCUT2D eigenvalue weighted by Gasteiger charge is -2.37. The molecule has 2 fully saturated rings. The lowest BCUT2D eigenvalue weighted by Crippen LogP contribution is -2.51. The maximum atomic E-state index is 9.55. The summed E-state index contributed by atoms with van der Waals surface area (Å²) in [7, 11) is 0. The molecule has 0 atom stereocenters. The number of hydrogen-bond donors (Lipinski definition) is 2. The van der Waals surface area contributed by atoms with Crippen LogP contribution in [0.15, 0.2) is 0 Å². The lowest BCUT2D eigenvalue weighted by atomic mass is 9.82. The van der Waals surface area contributed by atoms with Crippen molar-refractivity contribution in [1.82, 2.24) is 5.32 Å². The molecule has 0 amide bonds. The minimum absolute atomic E-state index is 0.0842. The molecule has 0 spiro atoms. The molecule has 0 aromatic heterocycles. The highest BCUT2D eigenvalue weighted by molar-refractivity contribution is 4.91. The highest BCUT2D eigenvalue weighted by atomic mass is 16.3. The summed E-state index contributed by atoms with van der Waals surface area (Å²) < 4.78 is 0. The maximum absolute atomic E-state index is 9.55. The van der Waals surface area contributed by atoms with Crippen LogP contribution in [0, 0.1) is 5.92 Å². The molecule has 2 saturated carbocycles. The van der Waals surface area contributed by atoms with Gasteiger partial charge < -0.3 is 10.4 Å². The minimum Gasteiger partial charge on any atom is -0.394 e. The van der Waals surface area contributed by atoms with Gasteiger partial charge in [0.25, 0.3) is 0 Å². The summed E-state index contributed by atoms with van der Waals surface area (Å²) in [6.07, 6.45) is 11.9. The van der Waals surface area contributed by atoms with E-state index in [0.29, 0.717) is 6.61 Å². The lowest BCUT2D eigenvalue weighted by molar-refractivity contribution is 0.116. The first-order chi connectivity index (χ1) is 7.35. The van der Waals surface area contributed by atoms with E-state index < -0.39 is 0 Å². The number of aliphatic hydroxyl groups excluding tert-OH is 1. The van der Waals surface area contributed by atoms with Crippen molar-refractivity contribution in [3.63, 3.8) is 0 Å². The van der Waals surface area contributed by atoms with E-state index in [1.165, 1.54) is 57.8 Å². The van der Waals surface area contributed by atoms with Crippen LogP contribution in [0.1, 0.15) is 57.8 Å². The Labute approximate surface area is 93.5 Å². The molecule has 0 unspecified atom stereocenters. The van der Waals surface area contributed by atoms with Gasteiger partial charge in [-0.25, -0.2) is 0 Å². The van der Waals surface area contributed by atoms with Gasteiger partial charge in [-0.15, -0.1) is 0 Å². The Morgan fingerprint density at radius 3 is 2.27 bits per heavy atom. The van der Waals surface area contributed by atoms with Crippen LogP contribution < -0.4 is 5.32 Å². The van der Waals surface area contributed by atoms with Crippen LogP contribution in [0.4, 0.5) is 0 Å². The van der Waals surface area contributed by atoms with Crippen LogP contribution in [0.25, 0.3) is 0 Å². The largest absolute Gasteiger partial charge is 0.394 e. The molecule has 2 heteroatoms. The van der Waals surface area contributed by atoms with Crippen molar-refractivity contribution in [2.24, 2.45) is 5.92 Å². The fourth-order valence-electron chi connectivity index (χ4n) is 3.19. The highest BCUT2D eigenvalue weighted by Gasteiger charge is 2.31. The molecule has 0 radical (unpaired) electrons. The van der Waals surface area contributed by atoms with E-state index in [1.807, 2.05) is 0 Å². The van der Waals surface area contributed by atoms with Crippen molar-refractivity contribution in [2.45, 2.75) is 63.3 Å². The molecule has 2 nitrogen and oxygen atoms in total. The normalized spacial score (nSPS) is 27.0. The van der Waals surface area contributed by atoms with Crippen LogP contribution in [0.2, 0.25) is 0 Å². The fourth-order valence-corrected chi connectivity index (χ4v) is 3.19. The summed E-state index contributed by atoms with van der Waals surface area (Å²) in [6, 6.07) is 0. The Morgan fingerprint density at radius 1 is 1.00 bits per heavy atom. The third-order valence-electron chi connectivity index (χ3n) is 4.35. The number of rotatable bonds is 4. The standard InChI is InChI=1S/C13H25NO/c15-11-13(8-4-1-5-9-13)14-10-12-6-2-3-7-12/h12,14-15H,1-11H2. The summed E-state index contributed by atoms with van der Waals surface area (Å²) in [6.45, 7) is 1.47. The van der Waals surface area contributed by atoms with Crippen LogP contribution >= 0.6 is 0 Å². The average molecular weight is 211 g/mol. The molecular weight excluding hydrogens is 186 g/mol. The molecule has 0 aromatic rings. The zero-order valence-electron chi connectivity index (χ0n) is 9.80. The summed E-state index contributed by atoms with van der Waals surface area (Å²) in [5.41, 5.74) is 0.0842. The van der Waals surface area contributed by atoms with Crippen LogP contribution in [0.3, 0.4) is 0 Å². The molecule has 0 aromatic carbocycles. The third kappa shape index (κ3) is 2.94. The van der Waals surface area contributed by atoms with E-state index in [0.717, 1.165) is 12.5 Å². The molecule has 88 valence electrons. The van der Waals surface area contributed by atoms with Gasteiger partial charge in [0.05, 0.1) is 6.61 Å². The Balaban J connectivity index is 1.78. The first kappa shape index (κ1) is 11.4. The molecule has 15 heavy (non-hydrogen) atoms. The van der Waals surface area contributed by atoms with E-state index in [4.69, 9.17) is 0 Å². The Kier molecular flexibility index (Phi) is 4.04. The second-order valence-electron chi connectivity index (χ2n) is 5.53. The van der Waals surface area contributed by atoms with Crippen LogP contribution in [-0.4, -0.2) is 23.8 Å². The second kappa shape index (κ2) is 5.31. The maximum Gasteiger partial charge on any atom is 0.0613 e. The summed E-state index contributed by atoms with van der Waals surface area (Å²) in [5, 5.41) is 13.2. The van der Waals surface area contributed by atoms with E-state index in [9.17, 15) is 5.11 Å². The quantitative estimate of drug-likeness (QED) is 0.748. The third-order valence-corrected chi connectivity index (χ3v) is 4.35. The van der Waals surface area contributed by atoms with Crippen molar-refractivity contribution in [3.05, 3.63) is 0 Å². The summed E-state index contributed by atoms with van der Waals surface area (Å²) >= 11 is 0. The minimum atomic E-state index is 0.0842. The topological polar surface area (TPSA) is 32.3 Å². The first-order valence-electron chi connectivity index (χ1n) is 6.71. The zero-order valence-corrected chi connectivity index (χ0v) is 9.80. The Bertz CT molecular complexity index is 181. The Morgan fingerprint density at radius 2 is 1.67 bits per heavy atom. The predicted molar refractivity (Wildman–Crippen MR) is 62.9 cm³/mol. The van der Waals surface area contributed by atoms with E-state index in [-0.39, 0.29) is 5.54 Å². The van der Waals surface area contributed by atoms with Gasteiger partial charge in [0.2, 0.25) is 0 Å². The molecule has 2 N–H and O–H groups in total. The number of hydrogen-bond acceptors (Lipinski definition) is 2. The molecule has 0 saturated heterocycles. The van der Waals surface area contributed by atoms with Crippen molar-refractivity contribution in [2.75, 3.05) is 13.2 Å². The van der Waals surface area contributed by atoms with Crippen molar-refractivity contribution in [3.8, 4) is 0 Å². The average Bonchev–Trinajstić information content (AvgIpc) is 2.81. The van der Waals surface area contributed by atoms with Gasteiger partial charge in [0.15, 0.2) is 0 Å². The van der Waals surface area contributed by atoms with Gasteiger partial charge >= 0.3 is 0 Å². The molecule has 0 aliphatic heterocycles. The van der Waals surface area contributed by atoms with Gasteiger partial charge in [-0.3, -0.25) is 0 Å². The smallest absolute Gasteiger partial charge is 0.0613 e. The molecule has 0 bridgehead atoms. The highest BCUT2D eigenvalue weighted by Crippen LogP contribution is 2.29. The van der Waals surface area contributed by atoms with E-state index in [1.54, 1.807) is 0 Å². The second-order valence-corrected chi connectivity index (χ2v) is 5.53. The van der Waals surface area contributed by atoms with Crippen LogP contribution in [0.5, 0.6) is 0 Å². The molecule has 2 aliphatic carbocycles. The predicted octanol–water partition coefficient (Wildman–Crippen LogP) is 2.46. The Hall–Kier alpha value is -0.0800. The molecule has 2 aliphatic rings. The molecule has 0 heterocycles. The van der Waals surface area contributed by atoms with Gasteiger partial charge in [-0.1, -0.05) is 32.1 Å². The van der Waals surface area contributed by atoms with Crippen LogP contribution in [-0.2, 0) is 0 Å². The first-order valence-corrected chi connectivity index (χ1v) is 6.71. The van der Waals surface area contributed by atoms with Gasteiger partial charge in [0.1, 0.15) is 0 Å². The molecular formula is C13H25NO.